The molecule has 0 fully saturated rings. The van der Waals surface area contributed by atoms with Crippen molar-refractivity contribution < 1.29 is 14.3 Å². The highest BCUT2D eigenvalue weighted by molar-refractivity contribution is 5.95. The highest BCUT2D eigenvalue weighted by Crippen LogP contribution is 2.28. The monoisotopic (exact) mass is 265 g/mol. The van der Waals surface area contributed by atoms with E-state index >= 15 is 0 Å². The number of ether oxygens (including phenoxy) is 1. The predicted molar refractivity (Wildman–Crippen MR) is 74.2 cm³/mol. The second-order valence-electron chi connectivity index (χ2n) is 3.97. The van der Waals surface area contributed by atoms with Crippen LogP contribution < -0.4 is 21.1 Å². The van der Waals surface area contributed by atoms with Gasteiger partial charge in [0.1, 0.15) is 5.75 Å². The van der Waals surface area contributed by atoms with Gasteiger partial charge in [0.05, 0.1) is 19.3 Å². The number of benzene rings is 1. The largest absolute Gasteiger partial charge is 0.494 e. The zero-order chi connectivity index (χ0) is 14.3. The molecule has 1 aromatic rings. The quantitative estimate of drug-likeness (QED) is 0.723. The molecule has 0 bridgehead atoms. The third-order valence-corrected chi connectivity index (χ3v) is 2.42. The molecule has 0 aliphatic carbocycles. The van der Waals surface area contributed by atoms with Crippen molar-refractivity contribution in [2.45, 2.75) is 19.8 Å². The molecule has 2 amide bonds. The predicted octanol–water partition coefficient (Wildman–Crippen LogP) is 1.33. The zero-order valence-electron chi connectivity index (χ0n) is 11.2. The van der Waals surface area contributed by atoms with Gasteiger partial charge in [-0.2, -0.15) is 0 Å². The van der Waals surface area contributed by atoms with E-state index in [-0.39, 0.29) is 18.4 Å². The molecule has 6 heteroatoms. The summed E-state index contributed by atoms with van der Waals surface area (Å²) in [5.74, 6) is 0.128. The summed E-state index contributed by atoms with van der Waals surface area (Å²) in [6.45, 7) is 1.85. The second kappa shape index (κ2) is 7.38. The van der Waals surface area contributed by atoms with Crippen molar-refractivity contribution in [2.75, 3.05) is 24.3 Å². The Labute approximate surface area is 112 Å². The van der Waals surface area contributed by atoms with Gasteiger partial charge in [-0.25, -0.2) is 0 Å². The van der Waals surface area contributed by atoms with Gasteiger partial charge >= 0.3 is 0 Å². The first-order valence-electron chi connectivity index (χ1n) is 6.08. The normalized spacial score (nSPS) is 9.84. The van der Waals surface area contributed by atoms with Gasteiger partial charge in [-0.05, 0) is 18.6 Å². The van der Waals surface area contributed by atoms with Crippen LogP contribution >= 0.6 is 0 Å². The highest BCUT2D eigenvalue weighted by atomic mass is 16.5. The SMILES string of the molecule is CCCC(=O)Nc1ccc(NC(=O)CN)cc1OC. The molecule has 1 rings (SSSR count). The number of hydrogen-bond acceptors (Lipinski definition) is 4. The fourth-order valence-corrected chi connectivity index (χ4v) is 1.52. The maximum atomic E-state index is 11.5. The van der Waals surface area contributed by atoms with E-state index in [1.54, 1.807) is 18.2 Å². The molecular weight excluding hydrogens is 246 g/mol. The molecule has 4 N–H and O–H groups in total. The van der Waals surface area contributed by atoms with E-state index in [0.29, 0.717) is 23.5 Å². The highest BCUT2D eigenvalue weighted by Gasteiger charge is 2.09. The maximum Gasteiger partial charge on any atom is 0.238 e. The summed E-state index contributed by atoms with van der Waals surface area (Å²) in [6.07, 6.45) is 1.23. The Morgan fingerprint density at radius 1 is 1.26 bits per heavy atom. The average molecular weight is 265 g/mol. The summed E-state index contributed by atoms with van der Waals surface area (Å²) in [5, 5.41) is 5.37. The molecule has 6 nitrogen and oxygen atoms in total. The van der Waals surface area contributed by atoms with Crippen LogP contribution in [0.5, 0.6) is 5.75 Å². The summed E-state index contributed by atoms with van der Waals surface area (Å²) >= 11 is 0. The maximum absolute atomic E-state index is 11.5. The molecule has 0 spiro atoms. The molecular formula is C13H19N3O3. The number of anilines is 2. The summed E-state index contributed by atoms with van der Waals surface area (Å²) in [7, 11) is 1.50. The molecule has 0 radical (unpaired) electrons. The summed E-state index contributed by atoms with van der Waals surface area (Å²) in [4.78, 5) is 22.7. The molecule has 0 aliphatic rings. The lowest BCUT2D eigenvalue weighted by Gasteiger charge is -2.12. The van der Waals surface area contributed by atoms with E-state index < -0.39 is 0 Å². The van der Waals surface area contributed by atoms with Crippen LogP contribution in [0, 0.1) is 0 Å². The van der Waals surface area contributed by atoms with E-state index in [2.05, 4.69) is 10.6 Å². The molecule has 19 heavy (non-hydrogen) atoms. The number of nitrogens with one attached hydrogen (secondary N) is 2. The van der Waals surface area contributed by atoms with Gasteiger partial charge in [0.25, 0.3) is 0 Å². The standard InChI is InChI=1S/C13H19N3O3/c1-3-4-12(17)16-10-6-5-9(7-11(10)19-2)15-13(18)8-14/h5-7H,3-4,8,14H2,1-2H3,(H,15,18)(H,16,17). The Morgan fingerprint density at radius 2 is 2.00 bits per heavy atom. The van der Waals surface area contributed by atoms with Crippen molar-refractivity contribution in [3.63, 3.8) is 0 Å². The van der Waals surface area contributed by atoms with Gasteiger partial charge in [0, 0.05) is 18.2 Å². The third-order valence-electron chi connectivity index (χ3n) is 2.42. The number of methoxy groups -OCH3 is 1. The van der Waals surface area contributed by atoms with Gasteiger partial charge in [-0.3, -0.25) is 9.59 Å². The smallest absolute Gasteiger partial charge is 0.238 e. The summed E-state index contributed by atoms with van der Waals surface area (Å²) in [5.41, 5.74) is 6.37. The minimum Gasteiger partial charge on any atom is -0.494 e. The minimum atomic E-state index is -0.287. The molecule has 0 heterocycles. The number of carbonyl (C=O) groups is 2. The molecule has 104 valence electrons. The van der Waals surface area contributed by atoms with Crippen molar-refractivity contribution in [3.05, 3.63) is 18.2 Å². The second-order valence-corrected chi connectivity index (χ2v) is 3.97. The first-order chi connectivity index (χ1) is 9.10. The van der Waals surface area contributed by atoms with Crippen molar-refractivity contribution in [1.82, 2.24) is 0 Å². The zero-order valence-corrected chi connectivity index (χ0v) is 11.2. The third kappa shape index (κ3) is 4.59. The van der Waals surface area contributed by atoms with Crippen LogP contribution in [0.1, 0.15) is 19.8 Å². The fraction of sp³-hybridized carbons (Fsp3) is 0.385. The number of hydrogen-bond donors (Lipinski definition) is 3. The van der Waals surface area contributed by atoms with Crippen LogP contribution in [0.25, 0.3) is 0 Å². The fourth-order valence-electron chi connectivity index (χ4n) is 1.52. The summed E-state index contributed by atoms with van der Waals surface area (Å²) < 4.78 is 5.18. The number of amides is 2. The van der Waals surface area contributed by atoms with Crippen molar-refractivity contribution in [3.8, 4) is 5.75 Å². The first-order valence-corrected chi connectivity index (χ1v) is 6.08. The van der Waals surface area contributed by atoms with Crippen molar-refractivity contribution in [2.24, 2.45) is 5.73 Å². The van der Waals surface area contributed by atoms with E-state index in [9.17, 15) is 9.59 Å². The lowest BCUT2D eigenvalue weighted by Crippen LogP contribution is -2.21. The molecule has 0 saturated carbocycles. The van der Waals surface area contributed by atoms with Gasteiger partial charge < -0.3 is 21.1 Å². The molecule has 0 aromatic heterocycles. The molecule has 0 unspecified atom stereocenters. The van der Waals surface area contributed by atoms with Gasteiger partial charge in [-0.15, -0.1) is 0 Å². The lowest BCUT2D eigenvalue weighted by atomic mass is 10.2. The van der Waals surface area contributed by atoms with E-state index in [1.807, 2.05) is 6.92 Å². The number of carbonyl (C=O) groups excluding carboxylic acids is 2. The number of rotatable bonds is 6. The van der Waals surface area contributed by atoms with Crippen molar-refractivity contribution >= 4 is 23.2 Å². The Bertz CT molecular complexity index is 460. The van der Waals surface area contributed by atoms with Gasteiger partial charge in [-0.1, -0.05) is 6.92 Å². The Hall–Kier alpha value is -2.08. The molecule has 0 aliphatic heterocycles. The Morgan fingerprint density at radius 3 is 2.58 bits per heavy atom. The molecule has 0 saturated heterocycles. The van der Waals surface area contributed by atoms with Crippen LogP contribution in [0.2, 0.25) is 0 Å². The van der Waals surface area contributed by atoms with E-state index in [1.165, 1.54) is 7.11 Å². The first kappa shape index (κ1) is 15.0. The topological polar surface area (TPSA) is 93.5 Å². The molecule has 0 atom stereocenters. The number of nitrogens with two attached hydrogens (primary N) is 1. The van der Waals surface area contributed by atoms with Crippen molar-refractivity contribution in [1.29, 1.82) is 0 Å². The van der Waals surface area contributed by atoms with Crippen LogP contribution in [0.3, 0.4) is 0 Å². The van der Waals surface area contributed by atoms with Crippen LogP contribution in [0.4, 0.5) is 11.4 Å². The van der Waals surface area contributed by atoms with Crippen LogP contribution in [-0.2, 0) is 9.59 Å². The van der Waals surface area contributed by atoms with Gasteiger partial charge in [0.2, 0.25) is 11.8 Å². The summed E-state index contributed by atoms with van der Waals surface area (Å²) in [6, 6.07) is 4.99. The Kier molecular flexibility index (Phi) is 5.81. The van der Waals surface area contributed by atoms with Crippen LogP contribution in [0.15, 0.2) is 18.2 Å². The minimum absolute atomic E-state index is 0.0699. The molecule has 1 aromatic carbocycles. The lowest BCUT2D eigenvalue weighted by molar-refractivity contribution is -0.116. The van der Waals surface area contributed by atoms with Crippen LogP contribution in [-0.4, -0.2) is 25.5 Å². The van der Waals surface area contributed by atoms with E-state index in [4.69, 9.17) is 10.5 Å². The Balaban J connectivity index is 2.84. The van der Waals surface area contributed by atoms with E-state index in [0.717, 1.165) is 6.42 Å². The average Bonchev–Trinajstić information content (AvgIpc) is 2.40. The van der Waals surface area contributed by atoms with Gasteiger partial charge in [0.15, 0.2) is 0 Å².